The van der Waals surface area contributed by atoms with Crippen molar-refractivity contribution < 1.29 is 9.47 Å². The fourth-order valence-corrected chi connectivity index (χ4v) is 4.10. The van der Waals surface area contributed by atoms with Crippen molar-refractivity contribution in [1.82, 2.24) is 4.98 Å². The van der Waals surface area contributed by atoms with Gasteiger partial charge in [0.05, 0.1) is 0 Å². The number of pyridine rings is 1. The summed E-state index contributed by atoms with van der Waals surface area (Å²) in [6.45, 7) is 2.62. The molecule has 0 saturated heterocycles. The van der Waals surface area contributed by atoms with Crippen LogP contribution in [0.15, 0.2) is 36.7 Å². The second-order valence-corrected chi connectivity index (χ2v) is 7.34. The minimum absolute atomic E-state index is 0.0189. The van der Waals surface area contributed by atoms with Crippen LogP contribution in [0.25, 0.3) is 11.1 Å². The van der Waals surface area contributed by atoms with Crippen molar-refractivity contribution in [2.75, 3.05) is 6.61 Å². The fraction of sp³-hybridized carbons (Fsp3) is 0.476. The van der Waals surface area contributed by atoms with Crippen LogP contribution in [0.2, 0.25) is 0 Å². The minimum Gasteiger partial charge on any atom is -0.492 e. The first kappa shape index (κ1) is 16.4. The first-order chi connectivity index (χ1) is 12.2. The predicted molar refractivity (Wildman–Crippen MR) is 98.8 cm³/mol. The molecule has 1 saturated carbocycles. The SMILES string of the molecule is CC1Oc2cc(OC[C@@H](N)CC3CCCC3)ccc2-c2cnccc21. The molecule has 2 aliphatic rings. The zero-order chi connectivity index (χ0) is 17.2. The number of nitrogens with zero attached hydrogens (tertiary/aromatic N) is 1. The van der Waals surface area contributed by atoms with E-state index in [2.05, 4.69) is 18.0 Å². The van der Waals surface area contributed by atoms with E-state index in [0.717, 1.165) is 35.0 Å². The highest BCUT2D eigenvalue weighted by atomic mass is 16.5. The van der Waals surface area contributed by atoms with E-state index < -0.39 is 0 Å². The molecule has 0 bridgehead atoms. The molecule has 2 atom stereocenters. The fourth-order valence-electron chi connectivity index (χ4n) is 4.10. The lowest BCUT2D eigenvalue weighted by molar-refractivity contribution is 0.220. The summed E-state index contributed by atoms with van der Waals surface area (Å²) in [4.78, 5) is 4.26. The van der Waals surface area contributed by atoms with Gasteiger partial charge < -0.3 is 15.2 Å². The molecule has 0 amide bonds. The van der Waals surface area contributed by atoms with Crippen LogP contribution in [0.4, 0.5) is 0 Å². The Morgan fingerprint density at radius 1 is 1.24 bits per heavy atom. The topological polar surface area (TPSA) is 57.4 Å². The molecule has 0 spiro atoms. The molecule has 1 unspecified atom stereocenters. The van der Waals surface area contributed by atoms with E-state index in [1.807, 2.05) is 30.6 Å². The number of fused-ring (bicyclic) bond motifs is 3. The second kappa shape index (κ2) is 7.04. The highest BCUT2D eigenvalue weighted by Crippen LogP contribution is 2.43. The Morgan fingerprint density at radius 3 is 2.92 bits per heavy atom. The molecule has 2 N–H and O–H groups in total. The number of hydrogen-bond donors (Lipinski definition) is 1. The molecule has 1 aliphatic carbocycles. The van der Waals surface area contributed by atoms with Crippen LogP contribution in [-0.2, 0) is 0 Å². The lowest BCUT2D eigenvalue weighted by Gasteiger charge is -2.26. The Morgan fingerprint density at radius 2 is 2.08 bits per heavy atom. The van der Waals surface area contributed by atoms with Gasteiger partial charge in [0.1, 0.15) is 24.2 Å². The van der Waals surface area contributed by atoms with Crippen LogP contribution >= 0.6 is 0 Å². The summed E-state index contributed by atoms with van der Waals surface area (Å²) < 4.78 is 12.0. The summed E-state index contributed by atoms with van der Waals surface area (Å²) in [5.74, 6) is 2.46. The normalized spacial score (nSPS) is 20.5. The largest absolute Gasteiger partial charge is 0.492 e. The number of aromatic nitrogens is 1. The van der Waals surface area contributed by atoms with Crippen LogP contribution in [0.3, 0.4) is 0 Å². The van der Waals surface area contributed by atoms with Crippen LogP contribution in [0.1, 0.15) is 50.7 Å². The molecule has 1 fully saturated rings. The Kier molecular flexibility index (Phi) is 4.62. The summed E-state index contributed by atoms with van der Waals surface area (Å²) in [6, 6.07) is 8.15. The molecule has 4 nitrogen and oxygen atoms in total. The summed E-state index contributed by atoms with van der Waals surface area (Å²) in [5, 5.41) is 0. The molecule has 1 aromatic heterocycles. The first-order valence-electron chi connectivity index (χ1n) is 9.34. The number of benzene rings is 1. The molecule has 4 heteroatoms. The zero-order valence-corrected chi connectivity index (χ0v) is 14.8. The Hall–Kier alpha value is -2.07. The van der Waals surface area contributed by atoms with E-state index in [1.54, 1.807) is 0 Å². The van der Waals surface area contributed by atoms with Gasteiger partial charge in [-0.3, -0.25) is 4.98 Å². The molecular formula is C21H26N2O2. The average Bonchev–Trinajstić information content (AvgIpc) is 3.13. The number of rotatable bonds is 5. The molecule has 2 aromatic rings. The van der Waals surface area contributed by atoms with Crippen LogP contribution < -0.4 is 15.2 Å². The molecule has 25 heavy (non-hydrogen) atoms. The van der Waals surface area contributed by atoms with Crippen molar-refractivity contribution in [2.45, 2.75) is 51.2 Å². The standard InChI is InChI=1S/C21H26N2O2/c1-14-18-8-9-23-12-20(18)19-7-6-17(11-21(19)25-14)24-13-16(22)10-15-4-2-3-5-15/h6-9,11-12,14-16H,2-5,10,13,22H2,1H3/t14?,16-/m0/s1. The third-order valence-electron chi connectivity index (χ3n) is 5.41. The van der Waals surface area contributed by atoms with Crippen molar-refractivity contribution in [3.05, 3.63) is 42.2 Å². The van der Waals surface area contributed by atoms with E-state index in [0.29, 0.717) is 6.61 Å². The highest BCUT2D eigenvalue weighted by molar-refractivity contribution is 5.75. The summed E-state index contributed by atoms with van der Waals surface area (Å²) in [6.07, 6.45) is 10.2. The quantitative estimate of drug-likeness (QED) is 0.873. The van der Waals surface area contributed by atoms with E-state index in [1.165, 1.54) is 31.2 Å². The second-order valence-electron chi connectivity index (χ2n) is 7.34. The van der Waals surface area contributed by atoms with Crippen molar-refractivity contribution in [3.8, 4) is 22.6 Å². The monoisotopic (exact) mass is 338 g/mol. The van der Waals surface area contributed by atoms with Gasteiger partial charge in [0.2, 0.25) is 0 Å². The smallest absolute Gasteiger partial charge is 0.131 e. The van der Waals surface area contributed by atoms with E-state index in [9.17, 15) is 0 Å². The zero-order valence-electron chi connectivity index (χ0n) is 14.8. The van der Waals surface area contributed by atoms with Gasteiger partial charge in [-0.25, -0.2) is 0 Å². The van der Waals surface area contributed by atoms with Gasteiger partial charge in [0, 0.05) is 41.2 Å². The van der Waals surface area contributed by atoms with Crippen molar-refractivity contribution in [1.29, 1.82) is 0 Å². The van der Waals surface area contributed by atoms with Crippen LogP contribution in [0, 0.1) is 5.92 Å². The number of ether oxygens (including phenoxy) is 2. The van der Waals surface area contributed by atoms with Crippen molar-refractivity contribution in [3.63, 3.8) is 0 Å². The summed E-state index contributed by atoms with van der Waals surface area (Å²) in [5.41, 5.74) is 9.65. The Bertz CT molecular complexity index is 740. The summed E-state index contributed by atoms with van der Waals surface area (Å²) >= 11 is 0. The van der Waals surface area contributed by atoms with E-state index in [4.69, 9.17) is 15.2 Å². The number of nitrogens with two attached hydrogens (primary N) is 1. The van der Waals surface area contributed by atoms with Gasteiger partial charge in [-0.05, 0) is 37.5 Å². The van der Waals surface area contributed by atoms with Gasteiger partial charge >= 0.3 is 0 Å². The Balaban J connectivity index is 1.44. The first-order valence-corrected chi connectivity index (χ1v) is 9.34. The van der Waals surface area contributed by atoms with Crippen molar-refractivity contribution >= 4 is 0 Å². The number of hydrogen-bond acceptors (Lipinski definition) is 4. The van der Waals surface area contributed by atoms with Gasteiger partial charge in [-0.2, -0.15) is 0 Å². The minimum atomic E-state index is 0.0189. The average molecular weight is 338 g/mol. The lowest BCUT2D eigenvalue weighted by atomic mass is 9.95. The van der Waals surface area contributed by atoms with Crippen LogP contribution in [-0.4, -0.2) is 17.6 Å². The maximum atomic E-state index is 6.26. The summed E-state index contributed by atoms with van der Waals surface area (Å²) in [7, 11) is 0. The van der Waals surface area contributed by atoms with Gasteiger partial charge in [-0.1, -0.05) is 25.7 Å². The molecule has 4 rings (SSSR count). The molecule has 1 aliphatic heterocycles. The van der Waals surface area contributed by atoms with Gasteiger partial charge in [0.25, 0.3) is 0 Å². The lowest BCUT2D eigenvalue weighted by Crippen LogP contribution is -2.29. The molecule has 132 valence electrons. The molecular weight excluding hydrogens is 312 g/mol. The maximum Gasteiger partial charge on any atom is 0.131 e. The van der Waals surface area contributed by atoms with Gasteiger partial charge in [-0.15, -0.1) is 0 Å². The Labute approximate surface area is 149 Å². The third-order valence-corrected chi connectivity index (χ3v) is 5.41. The third kappa shape index (κ3) is 3.49. The van der Waals surface area contributed by atoms with Crippen LogP contribution in [0.5, 0.6) is 11.5 Å². The highest BCUT2D eigenvalue weighted by Gasteiger charge is 2.23. The van der Waals surface area contributed by atoms with E-state index in [-0.39, 0.29) is 12.1 Å². The molecule has 1 aromatic carbocycles. The van der Waals surface area contributed by atoms with E-state index >= 15 is 0 Å². The predicted octanol–water partition coefficient (Wildman–Crippen LogP) is 4.49. The van der Waals surface area contributed by atoms with Crippen molar-refractivity contribution in [2.24, 2.45) is 11.7 Å². The molecule has 2 heterocycles. The maximum absolute atomic E-state index is 6.26. The van der Waals surface area contributed by atoms with Gasteiger partial charge in [0.15, 0.2) is 0 Å². The molecule has 0 radical (unpaired) electrons.